The highest BCUT2D eigenvalue weighted by molar-refractivity contribution is 7.10. The molecule has 1 aromatic heterocycles. The molecule has 2 amide bonds. The highest BCUT2D eigenvalue weighted by Gasteiger charge is 2.58. The summed E-state index contributed by atoms with van der Waals surface area (Å²) in [5, 5.41) is 5.29. The Morgan fingerprint density at radius 1 is 0.975 bits per heavy atom. The van der Waals surface area contributed by atoms with E-state index in [2.05, 4.69) is 5.32 Å². The Hall–Kier alpha value is -3.49. The Morgan fingerprint density at radius 2 is 1.68 bits per heavy atom. The molecule has 3 heterocycles. The van der Waals surface area contributed by atoms with Gasteiger partial charge >= 0.3 is 0 Å². The highest BCUT2D eigenvalue weighted by atomic mass is 32.1. The number of benzene rings is 2. The van der Waals surface area contributed by atoms with Crippen LogP contribution < -0.4 is 10.1 Å². The van der Waals surface area contributed by atoms with Crippen molar-refractivity contribution in [2.24, 2.45) is 11.8 Å². The van der Waals surface area contributed by atoms with Crippen LogP contribution in [0.5, 0.6) is 5.75 Å². The summed E-state index contributed by atoms with van der Waals surface area (Å²) in [5.74, 6) is -0.612. The molecule has 4 unspecified atom stereocenters. The molecular formula is C32H37N3O4S. The Morgan fingerprint density at radius 3 is 2.27 bits per heavy atom. The molecule has 7 nitrogen and oxygen atoms in total. The predicted octanol–water partition coefficient (Wildman–Crippen LogP) is 4.77. The van der Waals surface area contributed by atoms with Gasteiger partial charge in [-0.3, -0.25) is 14.4 Å². The van der Waals surface area contributed by atoms with E-state index in [0.717, 1.165) is 10.4 Å². The standard InChI is InChI=1S/C32H37N3O4S/c1-21(2)20-26(36)35-29(25-10-7-19-40-25)28(31(37)23-11-13-24(39-3)14-12-23)27(22-8-5-4-6-9-22)30(35)32(38)34-17-15-33-16-18-34/h4-14,19,21,27-30,33H,15-18,20H2,1-3H3. The number of rotatable bonds is 8. The summed E-state index contributed by atoms with van der Waals surface area (Å²) in [4.78, 5) is 47.7. The molecule has 0 radical (unpaired) electrons. The molecule has 0 saturated carbocycles. The summed E-state index contributed by atoms with van der Waals surface area (Å²) < 4.78 is 5.33. The monoisotopic (exact) mass is 559 g/mol. The topological polar surface area (TPSA) is 79.0 Å². The van der Waals surface area contributed by atoms with Gasteiger partial charge in [-0.2, -0.15) is 0 Å². The number of hydrogen-bond acceptors (Lipinski definition) is 6. The van der Waals surface area contributed by atoms with Crippen LogP contribution in [0.3, 0.4) is 0 Å². The Labute approximate surface area is 240 Å². The molecule has 0 bridgehead atoms. The Balaban J connectivity index is 1.70. The second kappa shape index (κ2) is 12.4. The number of ether oxygens (including phenoxy) is 1. The first-order valence-corrected chi connectivity index (χ1v) is 14.9. The minimum Gasteiger partial charge on any atom is -0.497 e. The molecule has 0 aliphatic carbocycles. The van der Waals surface area contributed by atoms with Gasteiger partial charge in [0.25, 0.3) is 0 Å². The van der Waals surface area contributed by atoms with Gasteiger partial charge in [-0.1, -0.05) is 50.2 Å². The van der Waals surface area contributed by atoms with Gasteiger partial charge in [0, 0.05) is 49.0 Å². The van der Waals surface area contributed by atoms with Gasteiger partial charge < -0.3 is 19.9 Å². The summed E-state index contributed by atoms with van der Waals surface area (Å²) in [6.07, 6.45) is 0.304. The largest absolute Gasteiger partial charge is 0.497 e. The Kier molecular flexibility index (Phi) is 8.66. The van der Waals surface area contributed by atoms with Crippen LogP contribution in [0.2, 0.25) is 0 Å². The van der Waals surface area contributed by atoms with Gasteiger partial charge in [0.1, 0.15) is 11.8 Å². The molecule has 5 rings (SSSR count). The fourth-order valence-corrected chi connectivity index (χ4v) is 6.99. The van der Waals surface area contributed by atoms with Crippen molar-refractivity contribution in [3.63, 3.8) is 0 Å². The van der Waals surface area contributed by atoms with Crippen LogP contribution in [0.4, 0.5) is 0 Å². The van der Waals surface area contributed by atoms with Crippen LogP contribution >= 0.6 is 11.3 Å². The maximum atomic E-state index is 14.6. The van der Waals surface area contributed by atoms with Crippen molar-refractivity contribution in [2.75, 3.05) is 33.3 Å². The van der Waals surface area contributed by atoms with Crippen molar-refractivity contribution in [1.29, 1.82) is 0 Å². The first-order valence-electron chi connectivity index (χ1n) is 14.0. The number of likely N-dealkylation sites (tertiary alicyclic amines) is 1. The van der Waals surface area contributed by atoms with E-state index in [4.69, 9.17) is 4.74 Å². The number of piperazine rings is 1. The smallest absolute Gasteiger partial charge is 0.246 e. The van der Waals surface area contributed by atoms with Crippen molar-refractivity contribution >= 4 is 28.9 Å². The third-order valence-corrected chi connectivity index (χ3v) is 8.86. The number of carbonyl (C=O) groups is 3. The second-order valence-electron chi connectivity index (χ2n) is 10.9. The van der Waals surface area contributed by atoms with Crippen molar-refractivity contribution in [3.05, 3.63) is 88.1 Å². The van der Waals surface area contributed by atoms with Crippen LogP contribution in [0.25, 0.3) is 0 Å². The number of carbonyl (C=O) groups excluding carboxylic acids is 3. The van der Waals surface area contributed by atoms with Crippen molar-refractivity contribution < 1.29 is 19.1 Å². The lowest BCUT2D eigenvalue weighted by molar-refractivity contribution is -0.146. The SMILES string of the molecule is COc1ccc(C(=O)C2C(c3ccccc3)C(C(=O)N3CCNCC3)N(C(=O)CC(C)C)C2c2cccs2)cc1. The number of thiophene rings is 1. The fraction of sp³-hybridized carbons (Fsp3) is 0.406. The zero-order chi connectivity index (χ0) is 28.2. The minimum atomic E-state index is -0.786. The van der Waals surface area contributed by atoms with Crippen molar-refractivity contribution in [3.8, 4) is 5.75 Å². The molecule has 2 aliphatic heterocycles. The first kappa shape index (κ1) is 28.1. The fourth-order valence-electron chi connectivity index (χ4n) is 6.11. The third-order valence-electron chi connectivity index (χ3n) is 7.92. The molecule has 40 heavy (non-hydrogen) atoms. The number of Topliss-reactive ketones (excluding diaryl/α,β-unsaturated/α-hetero) is 1. The summed E-state index contributed by atoms with van der Waals surface area (Å²) >= 11 is 1.53. The van der Waals surface area contributed by atoms with E-state index in [1.165, 1.54) is 11.3 Å². The molecule has 2 aliphatic rings. The zero-order valence-corrected chi connectivity index (χ0v) is 24.1. The molecule has 8 heteroatoms. The minimum absolute atomic E-state index is 0.0761. The molecule has 3 aromatic rings. The zero-order valence-electron chi connectivity index (χ0n) is 23.3. The van der Waals surface area contributed by atoms with Crippen LogP contribution in [-0.4, -0.2) is 66.7 Å². The molecule has 2 aromatic carbocycles. The van der Waals surface area contributed by atoms with Crippen LogP contribution in [0, 0.1) is 11.8 Å². The van der Waals surface area contributed by atoms with Crippen LogP contribution in [0.15, 0.2) is 72.1 Å². The van der Waals surface area contributed by atoms with Gasteiger partial charge in [-0.25, -0.2) is 0 Å². The molecule has 2 fully saturated rings. The van der Waals surface area contributed by atoms with E-state index in [0.29, 0.717) is 43.9 Å². The van der Waals surface area contributed by atoms with E-state index in [-0.39, 0.29) is 23.5 Å². The molecule has 0 spiro atoms. The highest BCUT2D eigenvalue weighted by Crippen LogP contribution is 2.53. The quantitative estimate of drug-likeness (QED) is 0.403. The maximum absolute atomic E-state index is 14.6. The number of methoxy groups -OCH3 is 1. The summed E-state index contributed by atoms with van der Waals surface area (Å²) in [7, 11) is 1.59. The van der Waals surface area contributed by atoms with Gasteiger partial charge in [0.05, 0.1) is 19.1 Å². The predicted molar refractivity (Wildman–Crippen MR) is 157 cm³/mol. The number of hydrogen-bond donors (Lipinski definition) is 1. The van der Waals surface area contributed by atoms with Crippen molar-refractivity contribution in [1.82, 2.24) is 15.1 Å². The van der Waals surface area contributed by atoms with E-state index in [1.54, 1.807) is 36.3 Å². The summed E-state index contributed by atoms with van der Waals surface area (Å²) in [6.45, 7) is 6.58. The lowest BCUT2D eigenvalue weighted by atomic mass is 9.77. The maximum Gasteiger partial charge on any atom is 0.246 e. The molecule has 2 saturated heterocycles. The van der Waals surface area contributed by atoms with E-state index in [1.807, 2.05) is 66.6 Å². The molecule has 210 valence electrons. The molecular weight excluding hydrogens is 522 g/mol. The van der Waals surface area contributed by atoms with E-state index < -0.39 is 23.9 Å². The molecule has 1 N–H and O–H groups in total. The second-order valence-corrected chi connectivity index (χ2v) is 11.9. The lowest BCUT2D eigenvalue weighted by Crippen LogP contribution is -2.55. The van der Waals surface area contributed by atoms with Crippen molar-refractivity contribution in [2.45, 2.75) is 38.3 Å². The van der Waals surface area contributed by atoms with Gasteiger partial charge in [0.15, 0.2) is 5.78 Å². The van der Waals surface area contributed by atoms with E-state index in [9.17, 15) is 14.4 Å². The lowest BCUT2D eigenvalue weighted by Gasteiger charge is -2.36. The molecule has 4 atom stereocenters. The number of nitrogens with zero attached hydrogens (tertiary/aromatic N) is 2. The van der Waals surface area contributed by atoms with Crippen LogP contribution in [0.1, 0.15) is 53.0 Å². The average Bonchev–Trinajstić information content (AvgIpc) is 3.63. The van der Waals surface area contributed by atoms with Gasteiger partial charge in [0.2, 0.25) is 11.8 Å². The van der Waals surface area contributed by atoms with E-state index >= 15 is 0 Å². The van der Waals surface area contributed by atoms with Gasteiger partial charge in [-0.05, 0) is 47.2 Å². The first-order chi connectivity index (χ1) is 19.4. The normalized spacial score (nSPS) is 22.9. The number of ketones is 1. The average molecular weight is 560 g/mol. The third kappa shape index (κ3) is 5.56. The number of nitrogens with one attached hydrogen (secondary N) is 1. The Bertz CT molecular complexity index is 1300. The number of amides is 2. The summed E-state index contributed by atoms with van der Waals surface area (Å²) in [6, 6.07) is 19.5. The summed E-state index contributed by atoms with van der Waals surface area (Å²) in [5.41, 5.74) is 1.43. The van der Waals surface area contributed by atoms with Crippen LogP contribution in [-0.2, 0) is 9.59 Å². The van der Waals surface area contributed by atoms with Gasteiger partial charge in [-0.15, -0.1) is 11.3 Å².